The van der Waals surface area contributed by atoms with Crippen molar-refractivity contribution >= 4 is 17.5 Å². The standard InChI is InChI=1S/C23H27FN4O2/c24-18-7-6-17-12-19(22(27-21(17)13-18)28-10-8-26-9-11-28)20(14-25)23(29)30-15-16-4-2-1-3-5-16/h6-7,13,16,26H,1-5,8-12,15H2/b20-19+. The van der Waals surface area contributed by atoms with Gasteiger partial charge in [0.2, 0.25) is 0 Å². The molecule has 4 rings (SSSR count). The molecule has 1 aliphatic carbocycles. The van der Waals surface area contributed by atoms with E-state index in [1.54, 1.807) is 6.07 Å². The predicted molar refractivity (Wildman–Crippen MR) is 112 cm³/mol. The molecule has 6 nitrogen and oxygen atoms in total. The number of esters is 1. The first kappa shape index (κ1) is 20.5. The molecule has 1 N–H and O–H groups in total. The molecule has 0 amide bonds. The Bertz CT molecular complexity index is 906. The van der Waals surface area contributed by atoms with E-state index in [1.807, 2.05) is 0 Å². The third kappa shape index (κ3) is 4.54. The van der Waals surface area contributed by atoms with Crippen molar-refractivity contribution in [3.8, 4) is 6.07 Å². The van der Waals surface area contributed by atoms with Crippen LogP contribution in [0, 0.1) is 23.1 Å². The molecular weight excluding hydrogens is 383 g/mol. The highest BCUT2D eigenvalue weighted by Crippen LogP contribution is 2.32. The zero-order valence-electron chi connectivity index (χ0n) is 17.1. The number of nitriles is 1. The Morgan fingerprint density at radius 2 is 2.03 bits per heavy atom. The number of rotatable bonds is 3. The van der Waals surface area contributed by atoms with Crippen LogP contribution in [0.1, 0.15) is 37.7 Å². The summed E-state index contributed by atoms with van der Waals surface area (Å²) in [5.74, 6) is 0.0354. The van der Waals surface area contributed by atoms with Crippen LogP contribution in [0.5, 0.6) is 0 Å². The lowest BCUT2D eigenvalue weighted by atomic mass is 9.90. The molecule has 0 aromatic heterocycles. The molecule has 1 aromatic rings. The van der Waals surface area contributed by atoms with E-state index in [-0.39, 0.29) is 11.4 Å². The Balaban J connectivity index is 1.63. The molecule has 0 atom stereocenters. The molecule has 1 saturated heterocycles. The molecular formula is C23H27FN4O2. The van der Waals surface area contributed by atoms with Crippen LogP contribution in [0.4, 0.5) is 10.1 Å². The lowest BCUT2D eigenvalue weighted by Crippen LogP contribution is -2.47. The van der Waals surface area contributed by atoms with Crippen LogP contribution >= 0.6 is 0 Å². The van der Waals surface area contributed by atoms with Crippen LogP contribution in [0.3, 0.4) is 0 Å². The lowest BCUT2D eigenvalue weighted by molar-refractivity contribution is -0.140. The quantitative estimate of drug-likeness (QED) is 0.470. The van der Waals surface area contributed by atoms with Gasteiger partial charge in [0.1, 0.15) is 23.3 Å². The summed E-state index contributed by atoms with van der Waals surface area (Å²) in [4.78, 5) is 19.6. The third-order valence-electron chi connectivity index (χ3n) is 6.12. The van der Waals surface area contributed by atoms with Crippen LogP contribution in [-0.4, -0.2) is 49.5 Å². The Kier molecular flexibility index (Phi) is 6.44. The number of benzene rings is 1. The number of carbonyl (C=O) groups excluding carboxylic acids is 1. The van der Waals surface area contributed by atoms with Crippen molar-refractivity contribution in [2.45, 2.75) is 38.5 Å². The van der Waals surface area contributed by atoms with Crippen LogP contribution < -0.4 is 5.32 Å². The van der Waals surface area contributed by atoms with Crippen molar-refractivity contribution in [3.05, 3.63) is 40.7 Å². The number of piperazine rings is 1. The molecule has 0 unspecified atom stereocenters. The molecule has 0 bridgehead atoms. The summed E-state index contributed by atoms with van der Waals surface area (Å²) in [6.45, 7) is 3.36. The van der Waals surface area contributed by atoms with E-state index in [0.29, 0.717) is 49.1 Å². The molecule has 2 fully saturated rings. The molecule has 2 heterocycles. The van der Waals surface area contributed by atoms with Gasteiger partial charge in [0, 0.05) is 38.2 Å². The minimum Gasteiger partial charge on any atom is -0.461 e. The van der Waals surface area contributed by atoms with Gasteiger partial charge in [0.15, 0.2) is 0 Å². The average molecular weight is 410 g/mol. The average Bonchev–Trinajstić information content (AvgIpc) is 2.79. The first-order valence-electron chi connectivity index (χ1n) is 10.8. The first-order chi connectivity index (χ1) is 14.7. The van der Waals surface area contributed by atoms with Gasteiger partial charge in [-0.25, -0.2) is 14.2 Å². The number of hydrogen-bond acceptors (Lipinski definition) is 6. The second-order valence-electron chi connectivity index (χ2n) is 8.19. The van der Waals surface area contributed by atoms with Gasteiger partial charge in [-0.2, -0.15) is 5.26 Å². The fraction of sp³-hybridized carbons (Fsp3) is 0.522. The van der Waals surface area contributed by atoms with Crippen molar-refractivity contribution in [2.75, 3.05) is 32.8 Å². The van der Waals surface area contributed by atoms with Gasteiger partial charge < -0.3 is 15.0 Å². The van der Waals surface area contributed by atoms with Crippen molar-refractivity contribution < 1.29 is 13.9 Å². The van der Waals surface area contributed by atoms with Gasteiger partial charge in [0.05, 0.1) is 12.3 Å². The summed E-state index contributed by atoms with van der Waals surface area (Å²) in [5.41, 5.74) is 1.95. The number of aliphatic imine (C=N–C) groups is 1. The van der Waals surface area contributed by atoms with Crippen molar-refractivity contribution in [1.82, 2.24) is 10.2 Å². The molecule has 1 saturated carbocycles. The first-order valence-corrected chi connectivity index (χ1v) is 10.8. The molecule has 0 spiro atoms. The topological polar surface area (TPSA) is 77.7 Å². The largest absolute Gasteiger partial charge is 0.461 e. The molecule has 1 aromatic carbocycles. The van der Waals surface area contributed by atoms with Crippen molar-refractivity contribution in [2.24, 2.45) is 10.9 Å². The van der Waals surface area contributed by atoms with Crippen molar-refractivity contribution in [1.29, 1.82) is 5.26 Å². The number of carbonyl (C=O) groups is 1. The fourth-order valence-corrected chi connectivity index (χ4v) is 4.44. The second-order valence-corrected chi connectivity index (χ2v) is 8.19. The number of nitrogens with one attached hydrogen (secondary N) is 1. The SMILES string of the molecule is N#C/C(C(=O)OCC1CCCCC1)=C1/Cc2ccc(F)cc2N=C1N1CCNCC1. The highest BCUT2D eigenvalue weighted by Gasteiger charge is 2.30. The van der Waals surface area contributed by atoms with Crippen LogP contribution in [0.15, 0.2) is 34.3 Å². The van der Waals surface area contributed by atoms with E-state index >= 15 is 0 Å². The van der Waals surface area contributed by atoms with Crippen LogP contribution in [-0.2, 0) is 16.0 Å². The summed E-state index contributed by atoms with van der Waals surface area (Å²) < 4.78 is 19.3. The number of nitrogens with zero attached hydrogens (tertiary/aromatic N) is 3. The Morgan fingerprint density at radius 1 is 1.27 bits per heavy atom. The highest BCUT2D eigenvalue weighted by atomic mass is 19.1. The molecule has 2 aliphatic heterocycles. The predicted octanol–water partition coefficient (Wildman–Crippen LogP) is 3.26. The monoisotopic (exact) mass is 410 g/mol. The number of amidine groups is 1. The fourth-order valence-electron chi connectivity index (χ4n) is 4.44. The zero-order valence-corrected chi connectivity index (χ0v) is 17.1. The minimum atomic E-state index is -0.577. The smallest absolute Gasteiger partial charge is 0.349 e. The molecule has 7 heteroatoms. The summed E-state index contributed by atoms with van der Waals surface area (Å²) in [7, 11) is 0. The minimum absolute atomic E-state index is 0.0121. The highest BCUT2D eigenvalue weighted by molar-refractivity contribution is 6.09. The van der Waals surface area contributed by atoms with Gasteiger partial charge in [-0.15, -0.1) is 0 Å². The number of ether oxygens (including phenoxy) is 1. The number of hydrogen-bond donors (Lipinski definition) is 1. The van der Waals surface area contributed by atoms with E-state index < -0.39 is 5.97 Å². The van der Waals surface area contributed by atoms with Gasteiger partial charge >= 0.3 is 5.97 Å². The summed E-state index contributed by atoms with van der Waals surface area (Å²) >= 11 is 0. The Labute approximate surface area is 176 Å². The summed E-state index contributed by atoms with van der Waals surface area (Å²) in [6.07, 6.45) is 6.07. The molecule has 158 valence electrons. The maximum atomic E-state index is 13.8. The third-order valence-corrected chi connectivity index (χ3v) is 6.12. The summed E-state index contributed by atoms with van der Waals surface area (Å²) in [6, 6.07) is 6.54. The second kappa shape index (κ2) is 9.40. The maximum absolute atomic E-state index is 13.8. The van der Waals surface area contributed by atoms with E-state index in [9.17, 15) is 14.4 Å². The maximum Gasteiger partial charge on any atom is 0.349 e. The lowest BCUT2D eigenvalue weighted by Gasteiger charge is -2.33. The van der Waals surface area contributed by atoms with Crippen LogP contribution in [0.25, 0.3) is 0 Å². The van der Waals surface area contributed by atoms with Crippen LogP contribution in [0.2, 0.25) is 0 Å². The van der Waals surface area contributed by atoms with Gasteiger partial charge in [-0.1, -0.05) is 25.3 Å². The van der Waals surface area contributed by atoms with E-state index in [4.69, 9.17) is 4.74 Å². The van der Waals surface area contributed by atoms with E-state index in [2.05, 4.69) is 21.3 Å². The number of halogens is 1. The molecule has 0 radical (unpaired) electrons. The number of fused-ring (bicyclic) bond motifs is 1. The summed E-state index contributed by atoms with van der Waals surface area (Å²) in [5, 5.41) is 13.1. The van der Waals surface area contributed by atoms with Gasteiger partial charge in [-0.3, -0.25) is 0 Å². The van der Waals surface area contributed by atoms with E-state index in [1.165, 1.54) is 31.4 Å². The van der Waals surface area contributed by atoms with Crippen molar-refractivity contribution in [3.63, 3.8) is 0 Å². The molecule has 30 heavy (non-hydrogen) atoms. The normalized spacial score (nSPS) is 21.3. The van der Waals surface area contributed by atoms with Gasteiger partial charge in [-0.05, 0) is 36.5 Å². The van der Waals surface area contributed by atoms with E-state index in [0.717, 1.165) is 31.5 Å². The van der Waals surface area contributed by atoms with Gasteiger partial charge in [0.25, 0.3) is 0 Å². The zero-order chi connectivity index (χ0) is 20.9. The molecule has 3 aliphatic rings. The Hall–Kier alpha value is -2.72. The Morgan fingerprint density at radius 3 is 2.77 bits per heavy atom.